The maximum absolute atomic E-state index is 11.7. The minimum Gasteiger partial charge on any atom is -0.508 e. The van der Waals surface area contributed by atoms with Crippen LogP contribution < -0.4 is 10.9 Å². The predicted molar refractivity (Wildman–Crippen MR) is 84.1 cm³/mol. The summed E-state index contributed by atoms with van der Waals surface area (Å²) < 4.78 is 6.88. The van der Waals surface area contributed by atoms with E-state index >= 15 is 0 Å². The monoisotopic (exact) mass is 299 g/mol. The second-order valence-electron chi connectivity index (χ2n) is 5.15. The van der Waals surface area contributed by atoms with Crippen LogP contribution in [0.1, 0.15) is 18.1 Å². The number of fused-ring (bicyclic) bond motifs is 1. The van der Waals surface area contributed by atoms with Crippen LogP contribution in [0, 0.1) is 0 Å². The molecule has 0 aliphatic carbocycles. The summed E-state index contributed by atoms with van der Waals surface area (Å²) >= 11 is 0. The van der Waals surface area contributed by atoms with Crippen molar-refractivity contribution in [2.75, 3.05) is 5.32 Å². The fraction of sp³-hybridized carbons (Fsp3) is 0.250. The Morgan fingerprint density at radius 1 is 1.32 bits per heavy atom. The van der Waals surface area contributed by atoms with Gasteiger partial charge in [-0.2, -0.15) is 5.10 Å². The van der Waals surface area contributed by atoms with Crippen molar-refractivity contribution in [1.29, 1.82) is 0 Å². The quantitative estimate of drug-likeness (QED) is 0.723. The van der Waals surface area contributed by atoms with E-state index in [1.54, 1.807) is 4.68 Å². The number of aromatic nitrogens is 2. The van der Waals surface area contributed by atoms with Crippen molar-refractivity contribution >= 4 is 16.8 Å². The topological polar surface area (TPSA) is 80.3 Å². The standard InChI is InChI=1S/C16H17N3O3/c1-3-10-6-12-11(9-17-15-4-5-19(2)18-15)7-16(21)22-14(12)8-13(10)20/h4-8,20H,3,9H2,1-2H3,(H,17,18). The lowest BCUT2D eigenvalue weighted by molar-refractivity contribution is 0.466. The summed E-state index contributed by atoms with van der Waals surface area (Å²) in [5.41, 5.74) is 1.58. The number of hydrogen-bond donors (Lipinski definition) is 2. The van der Waals surface area contributed by atoms with Crippen LogP contribution in [-0.4, -0.2) is 14.9 Å². The molecule has 0 saturated heterocycles. The molecular weight excluding hydrogens is 282 g/mol. The SMILES string of the molecule is CCc1cc2c(CNc3ccn(C)n3)cc(=O)oc2cc1O. The molecule has 0 amide bonds. The zero-order valence-corrected chi connectivity index (χ0v) is 12.5. The molecule has 0 radical (unpaired) electrons. The molecule has 0 bridgehead atoms. The Hall–Kier alpha value is -2.76. The van der Waals surface area contributed by atoms with Gasteiger partial charge in [-0.05, 0) is 23.6 Å². The Morgan fingerprint density at radius 3 is 2.82 bits per heavy atom. The van der Waals surface area contributed by atoms with Gasteiger partial charge in [0.1, 0.15) is 17.2 Å². The molecule has 3 rings (SSSR count). The number of aryl methyl sites for hydroxylation is 2. The fourth-order valence-electron chi connectivity index (χ4n) is 2.43. The number of anilines is 1. The van der Waals surface area contributed by atoms with Crippen LogP contribution in [0.15, 0.2) is 39.7 Å². The molecule has 2 aromatic heterocycles. The first-order valence-electron chi connectivity index (χ1n) is 7.09. The molecule has 114 valence electrons. The summed E-state index contributed by atoms with van der Waals surface area (Å²) in [6.07, 6.45) is 2.54. The summed E-state index contributed by atoms with van der Waals surface area (Å²) in [7, 11) is 1.84. The Balaban J connectivity index is 2.01. The first kappa shape index (κ1) is 14.2. The third-order valence-corrected chi connectivity index (χ3v) is 3.58. The van der Waals surface area contributed by atoms with Gasteiger partial charge in [0.25, 0.3) is 0 Å². The molecule has 2 heterocycles. The van der Waals surface area contributed by atoms with Gasteiger partial charge in [-0.3, -0.25) is 4.68 Å². The summed E-state index contributed by atoms with van der Waals surface area (Å²) in [5, 5.41) is 18.1. The van der Waals surface area contributed by atoms with Crippen molar-refractivity contribution in [1.82, 2.24) is 9.78 Å². The van der Waals surface area contributed by atoms with Crippen LogP contribution in [0.4, 0.5) is 5.82 Å². The second kappa shape index (κ2) is 5.55. The normalized spacial score (nSPS) is 11.0. The minimum atomic E-state index is -0.436. The van der Waals surface area contributed by atoms with E-state index in [9.17, 15) is 9.90 Å². The molecule has 2 N–H and O–H groups in total. The maximum Gasteiger partial charge on any atom is 0.336 e. The summed E-state index contributed by atoms with van der Waals surface area (Å²) in [5.74, 6) is 0.881. The number of phenolic OH excluding ortho intramolecular Hbond substituents is 1. The average Bonchev–Trinajstić information content (AvgIpc) is 2.89. The Morgan fingerprint density at radius 2 is 2.14 bits per heavy atom. The van der Waals surface area contributed by atoms with Gasteiger partial charge in [0, 0.05) is 43.4 Å². The molecule has 0 aliphatic rings. The highest BCUT2D eigenvalue weighted by Crippen LogP contribution is 2.27. The van der Waals surface area contributed by atoms with Crippen molar-refractivity contribution in [3.63, 3.8) is 0 Å². The van der Waals surface area contributed by atoms with Crippen molar-refractivity contribution in [3.8, 4) is 5.75 Å². The van der Waals surface area contributed by atoms with Crippen molar-refractivity contribution in [3.05, 3.63) is 52.0 Å². The third kappa shape index (κ3) is 2.67. The molecule has 0 aliphatic heterocycles. The second-order valence-corrected chi connectivity index (χ2v) is 5.15. The smallest absolute Gasteiger partial charge is 0.336 e. The molecule has 0 atom stereocenters. The van der Waals surface area contributed by atoms with Crippen LogP contribution in [-0.2, 0) is 20.0 Å². The zero-order chi connectivity index (χ0) is 15.7. The van der Waals surface area contributed by atoms with Gasteiger partial charge in [-0.25, -0.2) is 4.79 Å². The Labute approximate surface area is 127 Å². The molecule has 1 aromatic carbocycles. The van der Waals surface area contributed by atoms with E-state index in [1.807, 2.05) is 32.3 Å². The van der Waals surface area contributed by atoms with Gasteiger partial charge < -0.3 is 14.8 Å². The largest absolute Gasteiger partial charge is 0.508 e. The molecule has 22 heavy (non-hydrogen) atoms. The number of phenols is 1. The van der Waals surface area contributed by atoms with E-state index in [2.05, 4.69) is 10.4 Å². The number of benzene rings is 1. The van der Waals surface area contributed by atoms with Gasteiger partial charge >= 0.3 is 5.63 Å². The van der Waals surface area contributed by atoms with Crippen LogP contribution >= 0.6 is 0 Å². The average molecular weight is 299 g/mol. The van der Waals surface area contributed by atoms with Gasteiger partial charge in [0.15, 0.2) is 0 Å². The number of aromatic hydroxyl groups is 1. The lowest BCUT2D eigenvalue weighted by atomic mass is 10.0. The van der Waals surface area contributed by atoms with E-state index in [0.717, 1.165) is 22.3 Å². The molecule has 0 saturated carbocycles. The third-order valence-electron chi connectivity index (χ3n) is 3.58. The number of nitrogens with one attached hydrogen (secondary N) is 1. The lowest BCUT2D eigenvalue weighted by Gasteiger charge is -2.09. The van der Waals surface area contributed by atoms with Crippen LogP contribution in [0.5, 0.6) is 5.75 Å². The fourth-order valence-corrected chi connectivity index (χ4v) is 2.43. The van der Waals surface area contributed by atoms with Crippen molar-refractivity contribution in [2.45, 2.75) is 19.9 Å². The van der Waals surface area contributed by atoms with E-state index in [-0.39, 0.29) is 5.75 Å². The first-order valence-corrected chi connectivity index (χ1v) is 7.09. The van der Waals surface area contributed by atoms with Crippen molar-refractivity contribution in [2.24, 2.45) is 7.05 Å². The van der Waals surface area contributed by atoms with Crippen LogP contribution in [0.25, 0.3) is 11.0 Å². The molecule has 3 aromatic rings. The van der Waals surface area contributed by atoms with Crippen LogP contribution in [0.3, 0.4) is 0 Å². The Kier molecular flexibility index (Phi) is 3.58. The number of hydrogen-bond acceptors (Lipinski definition) is 5. The molecule has 0 fully saturated rings. The highest BCUT2D eigenvalue weighted by Gasteiger charge is 2.10. The molecule has 0 spiro atoms. The Bertz CT molecular complexity index is 880. The lowest BCUT2D eigenvalue weighted by Crippen LogP contribution is -2.06. The molecule has 6 heteroatoms. The van der Waals surface area contributed by atoms with E-state index in [1.165, 1.54) is 12.1 Å². The van der Waals surface area contributed by atoms with Crippen molar-refractivity contribution < 1.29 is 9.52 Å². The van der Waals surface area contributed by atoms with Gasteiger partial charge in [0.2, 0.25) is 0 Å². The highest BCUT2D eigenvalue weighted by molar-refractivity contribution is 5.83. The van der Waals surface area contributed by atoms with E-state index in [0.29, 0.717) is 18.5 Å². The molecule has 0 unspecified atom stereocenters. The molecule has 6 nitrogen and oxygen atoms in total. The van der Waals surface area contributed by atoms with E-state index in [4.69, 9.17) is 4.42 Å². The first-order chi connectivity index (χ1) is 10.6. The van der Waals surface area contributed by atoms with Gasteiger partial charge in [-0.1, -0.05) is 6.92 Å². The van der Waals surface area contributed by atoms with E-state index < -0.39 is 5.63 Å². The number of rotatable bonds is 4. The van der Waals surface area contributed by atoms with Gasteiger partial charge in [0.05, 0.1) is 0 Å². The predicted octanol–water partition coefficient (Wildman–Crippen LogP) is 2.41. The highest BCUT2D eigenvalue weighted by atomic mass is 16.4. The maximum atomic E-state index is 11.7. The summed E-state index contributed by atoms with van der Waals surface area (Å²) in [6, 6.07) is 6.69. The summed E-state index contributed by atoms with van der Waals surface area (Å²) in [4.78, 5) is 11.7. The molecular formula is C16H17N3O3. The van der Waals surface area contributed by atoms with Crippen LogP contribution in [0.2, 0.25) is 0 Å². The number of nitrogens with zero attached hydrogens (tertiary/aromatic N) is 2. The minimum absolute atomic E-state index is 0.146. The zero-order valence-electron chi connectivity index (χ0n) is 12.5. The van der Waals surface area contributed by atoms with Gasteiger partial charge in [-0.15, -0.1) is 0 Å². The summed E-state index contributed by atoms with van der Waals surface area (Å²) in [6.45, 7) is 2.42.